The van der Waals surface area contributed by atoms with Crippen LogP contribution < -0.4 is 4.90 Å². The molecule has 1 fully saturated rings. The predicted octanol–water partition coefficient (Wildman–Crippen LogP) is 2.37. The number of hydrogen-bond donors (Lipinski definition) is 1. The molecule has 1 atom stereocenters. The van der Waals surface area contributed by atoms with Gasteiger partial charge in [0.2, 0.25) is 0 Å². The number of thiazole rings is 1. The zero-order valence-corrected chi connectivity index (χ0v) is 12.2. The van der Waals surface area contributed by atoms with Crippen LogP contribution in [-0.2, 0) is 11.3 Å². The number of methoxy groups -OCH3 is 1. The van der Waals surface area contributed by atoms with Crippen LogP contribution in [0.3, 0.4) is 0 Å². The van der Waals surface area contributed by atoms with Gasteiger partial charge in [0.05, 0.1) is 29.8 Å². The Bertz CT molecular complexity index is 390. The Balaban J connectivity index is 2.19. The summed E-state index contributed by atoms with van der Waals surface area (Å²) in [6, 6.07) is 0.310. The van der Waals surface area contributed by atoms with Gasteiger partial charge in [-0.2, -0.15) is 0 Å². The summed E-state index contributed by atoms with van der Waals surface area (Å²) in [4.78, 5) is 8.03. The molecule has 1 aliphatic rings. The van der Waals surface area contributed by atoms with Crippen LogP contribution in [0.1, 0.15) is 43.2 Å². The molecule has 5 heteroatoms. The molecule has 0 aromatic carbocycles. The van der Waals surface area contributed by atoms with E-state index in [-0.39, 0.29) is 6.61 Å². The second-order valence-corrected chi connectivity index (χ2v) is 5.89. The topological polar surface area (TPSA) is 45.6 Å². The van der Waals surface area contributed by atoms with Gasteiger partial charge in [0.25, 0.3) is 0 Å². The van der Waals surface area contributed by atoms with E-state index in [2.05, 4.69) is 18.7 Å². The van der Waals surface area contributed by atoms with Gasteiger partial charge in [-0.3, -0.25) is 0 Å². The molecule has 0 aliphatic heterocycles. The molecule has 0 radical (unpaired) electrons. The van der Waals surface area contributed by atoms with Crippen molar-refractivity contribution in [2.24, 2.45) is 0 Å². The normalized spacial score (nSPS) is 16.9. The summed E-state index contributed by atoms with van der Waals surface area (Å²) in [5, 5.41) is 10.5. The van der Waals surface area contributed by atoms with Crippen molar-refractivity contribution in [3.8, 4) is 0 Å². The Labute approximate surface area is 113 Å². The van der Waals surface area contributed by atoms with E-state index in [0.717, 1.165) is 22.2 Å². The van der Waals surface area contributed by atoms with Crippen LogP contribution in [-0.4, -0.2) is 36.4 Å². The van der Waals surface area contributed by atoms with E-state index in [1.54, 1.807) is 18.4 Å². The first-order chi connectivity index (χ1) is 8.71. The van der Waals surface area contributed by atoms with Crippen molar-refractivity contribution >= 4 is 16.5 Å². The van der Waals surface area contributed by atoms with E-state index >= 15 is 0 Å². The summed E-state index contributed by atoms with van der Waals surface area (Å²) in [5.74, 6) is 0.591. The molecule has 1 N–H and O–H groups in total. The summed E-state index contributed by atoms with van der Waals surface area (Å²) in [6.07, 6.45) is 2.44. The van der Waals surface area contributed by atoms with Crippen molar-refractivity contribution in [1.29, 1.82) is 0 Å². The third-order valence-corrected chi connectivity index (χ3v) is 4.44. The lowest BCUT2D eigenvalue weighted by molar-refractivity contribution is 0.182. The lowest BCUT2D eigenvalue weighted by Crippen LogP contribution is -2.36. The number of aromatic nitrogens is 1. The van der Waals surface area contributed by atoms with Crippen molar-refractivity contribution in [1.82, 2.24) is 4.98 Å². The zero-order valence-electron chi connectivity index (χ0n) is 11.3. The standard InChI is InChI=1S/C13H22N2O2S/c1-4-15(9(2)8-17-3)13-14-12(10-5-6-10)11(7-16)18-13/h9-10,16H,4-8H2,1-3H3. The number of nitrogens with zero attached hydrogens (tertiary/aromatic N) is 2. The number of anilines is 1. The third kappa shape index (κ3) is 2.84. The van der Waals surface area contributed by atoms with Gasteiger partial charge in [-0.15, -0.1) is 0 Å². The first-order valence-electron chi connectivity index (χ1n) is 6.57. The van der Waals surface area contributed by atoms with Gasteiger partial charge in [0.1, 0.15) is 0 Å². The number of likely N-dealkylation sites (N-methyl/N-ethyl adjacent to an activating group) is 1. The molecule has 0 amide bonds. The second kappa shape index (κ2) is 5.99. The molecule has 18 heavy (non-hydrogen) atoms. The van der Waals surface area contributed by atoms with Crippen molar-refractivity contribution in [2.45, 2.75) is 45.3 Å². The fourth-order valence-electron chi connectivity index (χ4n) is 2.23. The van der Waals surface area contributed by atoms with Gasteiger partial charge in [0, 0.05) is 19.6 Å². The fraction of sp³-hybridized carbons (Fsp3) is 0.769. The van der Waals surface area contributed by atoms with Crippen LogP contribution in [0.4, 0.5) is 5.13 Å². The molecule has 0 saturated heterocycles. The first kappa shape index (κ1) is 13.8. The minimum atomic E-state index is 0.111. The molecule has 0 spiro atoms. The average Bonchev–Trinajstić information content (AvgIpc) is 3.12. The van der Waals surface area contributed by atoms with E-state index in [9.17, 15) is 5.11 Å². The maximum absolute atomic E-state index is 9.43. The Hall–Kier alpha value is -0.650. The number of aliphatic hydroxyl groups is 1. The molecule has 2 rings (SSSR count). The van der Waals surface area contributed by atoms with Crippen LogP contribution in [0.5, 0.6) is 0 Å². The monoisotopic (exact) mass is 270 g/mol. The molecular weight excluding hydrogens is 248 g/mol. The van der Waals surface area contributed by atoms with Gasteiger partial charge in [-0.05, 0) is 26.7 Å². The molecule has 1 unspecified atom stereocenters. The quantitative estimate of drug-likeness (QED) is 0.826. The Morgan fingerprint density at radius 3 is 2.78 bits per heavy atom. The summed E-state index contributed by atoms with van der Waals surface area (Å²) >= 11 is 1.62. The fourth-order valence-corrected chi connectivity index (χ4v) is 3.40. The predicted molar refractivity (Wildman–Crippen MR) is 74.4 cm³/mol. The largest absolute Gasteiger partial charge is 0.391 e. The summed E-state index contributed by atoms with van der Waals surface area (Å²) in [6.45, 7) is 5.99. The first-order valence-corrected chi connectivity index (χ1v) is 7.38. The Kier molecular flexibility index (Phi) is 4.59. The van der Waals surface area contributed by atoms with E-state index in [0.29, 0.717) is 18.6 Å². The number of ether oxygens (including phenoxy) is 1. The summed E-state index contributed by atoms with van der Waals surface area (Å²) in [7, 11) is 1.72. The highest BCUT2D eigenvalue weighted by Gasteiger charge is 2.30. The highest BCUT2D eigenvalue weighted by atomic mass is 32.1. The van der Waals surface area contributed by atoms with E-state index < -0.39 is 0 Å². The van der Waals surface area contributed by atoms with E-state index in [1.807, 2.05) is 0 Å². The summed E-state index contributed by atoms with van der Waals surface area (Å²) in [5.41, 5.74) is 1.13. The van der Waals surface area contributed by atoms with Crippen LogP contribution in [0.15, 0.2) is 0 Å². The van der Waals surface area contributed by atoms with Crippen molar-refractivity contribution in [2.75, 3.05) is 25.2 Å². The minimum Gasteiger partial charge on any atom is -0.391 e. The van der Waals surface area contributed by atoms with E-state index in [1.165, 1.54) is 12.8 Å². The van der Waals surface area contributed by atoms with E-state index in [4.69, 9.17) is 9.72 Å². The average molecular weight is 270 g/mol. The Morgan fingerprint density at radius 1 is 1.56 bits per heavy atom. The number of hydrogen-bond acceptors (Lipinski definition) is 5. The molecule has 102 valence electrons. The summed E-state index contributed by atoms with van der Waals surface area (Å²) < 4.78 is 5.22. The highest BCUT2D eigenvalue weighted by molar-refractivity contribution is 7.15. The van der Waals surface area contributed by atoms with Crippen LogP contribution in [0, 0.1) is 0 Å². The van der Waals surface area contributed by atoms with Gasteiger partial charge in [-0.1, -0.05) is 11.3 Å². The third-order valence-electron chi connectivity index (χ3n) is 3.35. The van der Waals surface area contributed by atoms with Gasteiger partial charge in [-0.25, -0.2) is 4.98 Å². The number of aliphatic hydroxyl groups excluding tert-OH is 1. The molecular formula is C13H22N2O2S. The molecule has 1 saturated carbocycles. The maximum Gasteiger partial charge on any atom is 0.186 e. The smallest absolute Gasteiger partial charge is 0.186 e. The van der Waals surface area contributed by atoms with Crippen LogP contribution >= 0.6 is 11.3 Å². The SMILES string of the molecule is CCN(c1nc(C2CC2)c(CO)s1)C(C)COC. The molecule has 4 nitrogen and oxygen atoms in total. The van der Waals surface area contributed by atoms with Crippen LogP contribution in [0.25, 0.3) is 0 Å². The van der Waals surface area contributed by atoms with Gasteiger partial charge < -0.3 is 14.7 Å². The maximum atomic E-state index is 9.43. The van der Waals surface area contributed by atoms with Gasteiger partial charge >= 0.3 is 0 Å². The second-order valence-electron chi connectivity index (χ2n) is 4.83. The lowest BCUT2D eigenvalue weighted by atomic mass is 10.2. The van der Waals surface area contributed by atoms with Gasteiger partial charge in [0.15, 0.2) is 5.13 Å². The van der Waals surface area contributed by atoms with Crippen molar-refractivity contribution in [3.05, 3.63) is 10.6 Å². The zero-order chi connectivity index (χ0) is 13.1. The highest BCUT2D eigenvalue weighted by Crippen LogP contribution is 2.44. The Morgan fingerprint density at radius 2 is 2.28 bits per heavy atom. The molecule has 1 aliphatic carbocycles. The molecule has 1 aromatic rings. The number of rotatable bonds is 7. The molecule has 0 bridgehead atoms. The minimum absolute atomic E-state index is 0.111. The lowest BCUT2D eigenvalue weighted by Gasteiger charge is -2.26. The molecule has 1 aromatic heterocycles. The van der Waals surface area contributed by atoms with Crippen LogP contribution in [0.2, 0.25) is 0 Å². The van der Waals surface area contributed by atoms with Crippen molar-refractivity contribution < 1.29 is 9.84 Å². The molecule has 1 heterocycles. The van der Waals surface area contributed by atoms with Crippen molar-refractivity contribution in [3.63, 3.8) is 0 Å².